The molecular weight excluding hydrogens is 382 g/mol. The fourth-order valence-electron chi connectivity index (χ4n) is 3.46. The maximum atomic E-state index is 12.7. The molecule has 0 bridgehead atoms. The summed E-state index contributed by atoms with van der Waals surface area (Å²) < 4.78 is 7.33. The van der Waals surface area contributed by atoms with Gasteiger partial charge in [-0.3, -0.25) is 4.79 Å². The predicted molar refractivity (Wildman–Crippen MR) is 112 cm³/mol. The number of amides is 1. The molecule has 1 atom stereocenters. The van der Waals surface area contributed by atoms with Crippen LogP contribution in [0.15, 0.2) is 42.9 Å². The van der Waals surface area contributed by atoms with E-state index in [2.05, 4.69) is 25.3 Å². The SMILES string of the molecule is Cc1cnc2ccc(-c3nc(C(=O)NC[C@H]4CCO4)c(N)nc3-c3ccc[nH]3)cn12. The molecule has 30 heavy (non-hydrogen) atoms. The van der Waals surface area contributed by atoms with Crippen LogP contribution in [0.3, 0.4) is 0 Å². The molecule has 1 amide bonds. The van der Waals surface area contributed by atoms with Gasteiger partial charge in [-0.25, -0.2) is 15.0 Å². The van der Waals surface area contributed by atoms with Crippen LogP contribution in [-0.4, -0.2) is 49.5 Å². The molecule has 9 heteroatoms. The van der Waals surface area contributed by atoms with Crippen LogP contribution < -0.4 is 11.1 Å². The average molecular weight is 403 g/mol. The first-order chi connectivity index (χ1) is 14.6. The molecule has 5 rings (SSSR count). The Bertz CT molecular complexity index is 1230. The largest absolute Gasteiger partial charge is 0.382 e. The molecule has 5 heterocycles. The maximum Gasteiger partial charge on any atom is 0.273 e. The van der Waals surface area contributed by atoms with Crippen molar-refractivity contribution in [2.24, 2.45) is 0 Å². The Labute approximate surface area is 172 Å². The van der Waals surface area contributed by atoms with Crippen molar-refractivity contribution < 1.29 is 9.53 Å². The molecule has 4 aromatic rings. The quantitative estimate of drug-likeness (QED) is 0.469. The number of pyridine rings is 1. The number of rotatable bonds is 5. The number of aromatic amines is 1. The van der Waals surface area contributed by atoms with Crippen LogP contribution in [0, 0.1) is 6.92 Å². The van der Waals surface area contributed by atoms with E-state index < -0.39 is 0 Å². The minimum atomic E-state index is -0.366. The van der Waals surface area contributed by atoms with Gasteiger partial charge in [0.05, 0.1) is 11.8 Å². The van der Waals surface area contributed by atoms with Crippen molar-refractivity contribution in [2.45, 2.75) is 19.4 Å². The lowest BCUT2D eigenvalue weighted by Gasteiger charge is -2.26. The molecule has 4 aromatic heterocycles. The lowest BCUT2D eigenvalue weighted by Crippen LogP contribution is -2.40. The number of aryl methyl sites for hydroxylation is 1. The van der Waals surface area contributed by atoms with Gasteiger partial charge >= 0.3 is 0 Å². The molecule has 1 aliphatic heterocycles. The summed E-state index contributed by atoms with van der Waals surface area (Å²) in [7, 11) is 0. The van der Waals surface area contributed by atoms with Crippen molar-refractivity contribution in [1.82, 2.24) is 29.7 Å². The normalized spacial score (nSPS) is 15.8. The standard InChI is InChI=1S/C21H21N7O2/c1-12-9-24-16-5-4-13(11-28(12)16)17-18(15-3-2-7-23-15)27-20(22)19(26-17)21(29)25-10-14-6-8-30-14/h2-5,7,9,11,14,23H,6,8,10H2,1H3,(H2,22,27)(H,25,29)/t14-/m1/s1. The summed E-state index contributed by atoms with van der Waals surface area (Å²) >= 11 is 0. The highest BCUT2D eigenvalue weighted by Gasteiger charge is 2.23. The number of carbonyl (C=O) groups excluding carboxylic acids is 1. The van der Waals surface area contributed by atoms with E-state index in [4.69, 9.17) is 10.5 Å². The van der Waals surface area contributed by atoms with Crippen molar-refractivity contribution in [3.8, 4) is 22.6 Å². The first kappa shape index (κ1) is 18.3. The van der Waals surface area contributed by atoms with E-state index in [0.29, 0.717) is 17.9 Å². The Morgan fingerprint density at radius 2 is 2.20 bits per heavy atom. The number of nitrogens with one attached hydrogen (secondary N) is 2. The number of nitrogens with zero attached hydrogens (tertiary/aromatic N) is 4. The molecule has 9 nitrogen and oxygen atoms in total. The predicted octanol–water partition coefficient (Wildman–Crippen LogP) is 2.20. The number of nitrogens with two attached hydrogens (primary N) is 1. The number of H-pyrrole nitrogens is 1. The molecule has 0 spiro atoms. The second-order valence-electron chi connectivity index (χ2n) is 7.28. The second kappa shape index (κ2) is 7.27. The van der Waals surface area contributed by atoms with Crippen molar-refractivity contribution in [1.29, 1.82) is 0 Å². The molecule has 0 unspecified atom stereocenters. The lowest BCUT2D eigenvalue weighted by atomic mass is 10.1. The average Bonchev–Trinajstić information content (AvgIpc) is 3.36. The van der Waals surface area contributed by atoms with Crippen LogP contribution in [0.4, 0.5) is 5.82 Å². The zero-order chi connectivity index (χ0) is 20.7. The molecule has 152 valence electrons. The molecule has 0 radical (unpaired) electrons. The van der Waals surface area contributed by atoms with E-state index in [1.807, 2.05) is 41.8 Å². The number of fused-ring (bicyclic) bond motifs is 1. The summed E-state index contributed by atoms with van der Waals surface area (Å²) in [5.41, 5.74) is 10.8. The molecule has 1 aliphatic rings. The Morgan fingerprint density at radius 3 is 2.93 bits per heavy atom. The van der Waals surface area contributed by atoms with Gasteiger partial charge in [-0.2, -0.15) is 0 Å². The minimum Gasteiger partial charge on any atom is -0.382 e. The maximum absolute atomic E-state index is 12.7. The topological polar surface area (TPSA) is 123 Å². The lowest BCUT2D eigenvalue weighted by molar-refractivity contribution is -0.0473. The van der Waals surface area contributed by atoms with E-state index in [1.165, 1.54) is 0 Å². The van der Waals surface area contributed by atoms with Crippen molar-refractivity contribution in [3.05, 3.63) is 54.2 Å². The molecule has 1 fully saturated rings. The molecule has 0 aliphatic carbocycles. The Morgan fingerprint density at radius 1 is 1.33 bits per heavy atom. The first-order valence-electron chi connectivity index (χ1n) is 9.75. The fourth-order valence-corrected chi connectivity index (χ4v) is 3.46. The second-order valence-corrected chi connectivity index (χ2v) is 7.28. The van der Waals surface area contributed by atoms with Crippen LogP contribution in [0.2, 0.25) is 0 Å². The van der Waals surface area contributed by atoms with Gasteiger partial charge in [-0.15, -0.1) is 0 Å². The Hall–Kier alpha value is -3.72. The van der Waals surface area contributed by atoms with Crippen LogP contribution in [-0.2, 0) is 4.74 Å². The zero-order valence-electron chi connectivity index (χ0n) is 16.4. The third-order valence-corrected chi connectivity index (χ3v) is 5.24. The van der Waals surface area contributed by atoms with Crippen LogP contribution in [0.1, 0.15) is 22.6 Å². The molecule has 0 aromatic carbocycles. The number of imidazole rings is 1. The summed E-state index contributed by atoms with van der Waals surface area (Å²) in [6.45, 7) is 3.13. The number of anilines is 1. The number of carbonyl (C=O) groups is 1. The number of nitrogen functional groups attached to an aromatic ring is 1. The highest BCUT2D eigenvalue weighted by atomic mass is 16.5. The molecule has 0 saturated carbocycles. The summed E-state index contributed by atoms with van der Waals surface area (Å²) in [5, 5.41) is 2.84. The van der Waals surface area contributed by atoms with E-state index in [-0.39, 0.29) is 23.5 Å². The number of aromatic nitrogens is 5. The highest BCUT2D eigenvalue weighted by molar-refractivity contribution is 5.98. The number of hydrogen-bond donors (Lipinski definition) is 3. The van der Waals surface area contributed by atoms with Gasteiger partial charge in [0, 0.05) is 43.0 Å². The third kappa shape index (κ3) is 3.18. The minimum absolute atomic E-state index is 0.0485. The van der Waals surface area contributed by atoms with Gasteiger partial charge < -0.3 is 25.2 Å². The monoisotopic (exact) mass is 403 g/mol. The van der Waals surface area contributed by atoms with E-state index in [1.54, 1.807) is 12.4 Å². The summed E-state index contributed by atoms with van der Waals surface area (Å²) in [4.78, 5) is 29.4. The summed E-state index contributed by atoms with van der Waals surface area (Å²) in [5.74, 6) is -0.287. The Balaban J connectivity index is 1.60. The van der Waals surface area contributed by atoms with Gasteiger partial charge in [0.25, 0.3) is 5.91 Å². The number of hydrogen-bond acceptors (Lipinski definition) is 6. The van der Waals surface area contributed by atoms with Gasteiger partial charge in [-0.1, -0.05) is 0 Å². The van der Waals surface area contributed by atoms with E-state index in [9.17, 15) is 4.79 Å². The summed E-state index contributed by atoms with van der Waals surface area (Å²) in [6, 6.07) is 7.59. The van der Waals surface area contributed by atoms with Crippen molar-refractivity contribution in [2.75, 3.05) is 18.9 Å². The summed E-state index contributed by atoms with van der Waals surface area (Å²) in [6.07, 6.45) is 6.53. The fraction of sp³-hybridized carbons (Fsp3) is 0.238. The van der Waals surface area contributed by atoms with E-state index in [0.717, 1.165) is 35.6 Å². The van der Waals surface area contributed by atoms with Gasteiger partial charge in [0.2, 0.25) is 0 Å². The highest BCUT2D eigenvalue weighted by Crippen LogP contribution is 2.30. The van der Waals surface area contributed by atoms with E-state index >= 15 is 0 Å². The molecule has 1 saturated heterocycles. The number of ether oxygens (including phenoxy) is 1. The Kier molecular flexibility index (Phi) is 4.44. The van der Waals surface area contributed by atoms with Gasteiger partial charge in [0.15, 0.2) is 11.5 Å². The first-order valence-corrected chi connectivity index (χ1v) is 9.75. The van der Waals surface area contributed by atoms with Gasteiger partial charge in [-0.05, 0) is 37.6 Å². The van der Waals surface area contributed by atoms with Crippen molar-refractivity contribution >= 4 is 17.4 Å². The van der Waals surface area contributed by atoms with Crippen LogP contribution in [0.5, 0.6) is 0 Å². The van der Waals surface area contributed by atoms with Crippen LogP contribution >= 0.6 is 0 Å². The molecule has 4 N–H and O–H groups in total. The third-order valence-electron chi connectivity index (χ3n) is 5.24. The van der Waals surface area contributed by atoms with Crippen LogP contribution in [0.25, 0.3) is 28.3 Å². The smallest absolute Gasteiger partial charge is 0.273 e. The van der Waals surface area contributed by atoms with Gasteiger partial charge in [0.1, 0.15) is 17.0 Å². The molecular formula is C21H21N7O2. The zero-order valence-corrected chi connectivity index (χ0v) is 16.4. The van der Waals surface area contributed by atoms with Crippen molar-refractivity contribution in [3.63, 3.8) is 0 Å².